The fourth-order valence-corrected chi connectivity index (χ4v) is 3.98. The molecular formula is C13H19N3O3S. The van der Waals surface area contributed by atoms with E-state index in [0.29, 0.717) is 24.9 Å². The number of anilines is 1. The van der Waals surface area contributed by atoms with Crippen LogP contribution in [0.2, 0.25) is 0 Å². The van der Waals surface area contributed by atoms with Crippen LogP contribution in [0, 0.1) is 13.8 Å². The molecule has 110 valence electrons. The third-order valence-electron chi connectivity index (χ3n) is 3.56. The van der Waals surface area contributed by atoms with E-state index < -0.39 is 10.0 Å². The van der Waals surface area contributed by atoms with Gasteiger partial charge in [0, 0.05) is 19.0 Å². The molecule has 0 radical (unpaired) electrons. The molecular weight excluding hydrogens is 278 g/mol. The molecule has 1 aliphatic rings. The van der Waals surface area contributed by atoms with Crippen LogP contribution in [-0.2, 0) is 14.8 Å². The Hall–Kier alpha value is -1.60. The van der Waals surface area contributed by atoms with Crippen molar-refractivity contribution in [3.8, 4) is 0 Å². The van der Waals surface area contributed by atoms with E-state index in [1.54, 1.807) is 19.1 Å². The van der Waals surface area contributed by atoms with Crippen molar-refractivity contribution in [3.05, 3.63) is 23.3 Å². The summed E-state index contributed by atoms with van der Waals surface area (Å²) in [7, 11) is -3.69. The first-order valence-corrected chi connectivity index (χ1v) is 7.94. The summed E-state index contributed by atoms with van der Waals surface area (Å²) < 4.78 is 27.6. The molecule has 1 aliphatic heterocycles. The minimum absolute atomic E-state index is 0.0494. The van der Waals surface area contributed by atoms with Gasteiger partial charge >= 0.3 is 0 Å². The van der Waals surface area contributed by atoms with Crippen molar-refractivity contribution < 1.29 is 13.2 Å². The van der Waals surface area contributed by atoms with Crippen LogP contribution in [-0.4, -0.2) is 26.9 Å². The number of hydrogen-bond acceptors (Lipinski definition) is 4. The number of amides is 1. The van der Waals surface area contributed by atoms with E-state index in [-0.39, 0.29) is 22.5 Å². The monoisotopic (exact) mass is 297 g/mol. The number of nitrogen functional groups attached to an aromatic ring is 1. The van der Waals surface area contributed by atoms with Gasteiger partial charge in [0.05, 0.1) is 5.69 Å². The van der Waals surface area contributed by atoms with Gasteiger partial charge in [0.15, 0.2) is 0 Å². The maximum Gasteiger partial charge on any atom is 0.243 e. The molecule has 0 aliphatic carbocycles. The zero-order chi connectivity index (χ0) is 14.9. The SMILES string of the molecule is Cc1ccc(N)c(S(=O)(=O)NC2CCC(=O)NC2)c1C. The zero-order valence-electron chi connectivity index (χ0n) is 11.6. The average molecular weight is 297 g/mol. The number of rotatable bonds is 3. The van der Waals surface area contributed by atoms with Crippen LogP contribution >= 0.6 is 0 Å². The summed E-state index contributed by atoms with van der Waals surface area (Å²) in [5.41, 5.74) is 7.57. The minimum atomic E-state index is -3.69. The van der Waals surface area contributed by atoms with E-state index in [1.807, 2.05) is 6.92 Å². The third kappa shape index (κ3) is 2.94. The van der Waals surface area contributed by atoms with Crippen molar-refractivity contribution in [1.82, 2.24) is 10.0 Å². The fourth-order valence-electron chi connectivity index (χ4n) is 2.28. The molecule has 1 heterocycles. The maximum atomic E-state index is 12.5. The minimum Gasteiger partial charge on any atom is -0.398 e. The Morgan fingerprint density at radius 1 is 1.35 bits per heavy atom. The van der Waals surface area contributed by atoms with Gasteiger partial charge in [-0.15, -0.1) is 0 Å². The quantitative estimate of drug-likeness (QED) is 0.705. The van der Waals surface area contributed by atoms with Gasteiger partial charge in [-0.3, -0.25) is 4.79 Å². The second-order valence-electron chi connectivity index (χ2n) is 5.09. The summed E-state index contributed by atoms with van der Waals surface area (Å²) in [6, 6.07) is 3.10. The molecule has 1 aromatic rings. The topological polar surface area (TPSA) is 101 Å². The summed E-state index contributed by atoms with van der Waals surface area (Å²) >= 11 is 0. The number of nitrogens with one attached hydrogen (secondary N) is 2. The molecule has 0 bridgehead atoms. The molecule has 1 fully saturated rings. The van der Waals surface area contributed by atoms with Crippen molar-refractivity contribution in [2.75, 3.05) is 12.3 Å². The second-order valence-corrected chi connectivity index (χ2v) is 6.74. The Morgan fingerprint density at radius 3 is 2.65 bits per heavy atom. The molecule has 1 unspecified atom stereocenters. The third-order valence-corrected chi connectivity index (χ3v) is 5.29. The highest BCUT2D eigenvalue weighted by Gasteiger charge is 2.27. The number of sulfonamides is 1. The van der Waals surface area contributed by atoms with E-state index in [1.165, 1.54) is 0 Å². The molecule has 0 aromatic heterocycles. The van der Waals surface area contributed by atoms with Crippen molar-refractivity contribution >= 4 is 21.6 Å². The molecule has 1 amide bonds. The van der Waals surface area contributed by atoms with E-state index in [0.717, 1.165) is 5.56 Å². The van der Waals surface area contributed by atoms with Gasteiger partial charge in [-0.2, -0.15) is 0 Å². The lowest BCUT2D eigenvalue weighted by Gasteiger charge is -2.24. The molecule has 7 heteroatoms. The van der Waals surface area contributed by atoms with Gasteiger partial charge in [0.2, 0.25) is 15.9 Å². The number of carbonyl (C=O) groups excluding carboxylic acids is 1. The van der Waals surface area contributed by atoms with Crippen LogP contribution in [0.25, 0.3) is 0 Å². The summed E-state index contributed by atoms with van der Waals surface area (Å²) in [6.07, 6.45) is 0.825. The maximum absolute atomic E-state index is 12.5. The highest BCUT2D eigenvalue weighted by atomic mass is 32.2. The van der Waals surface area contributed by atoms with Gasteiger partial charge in [-0.1, -0.05) is 6.07 Å². The second kappa shape index (κ2) is 5.41. The summed E-state index contributed by atoms with van der Waals surface area (Å²) in [5.74, 6) is -0.0494. The first-order valence-electron chi connectivity index (χ1n) is 6.46. The molecule has 6 nitrogen and oxygen atoms in total. The van der Waals surface area contributed by atoms with Crippen molar-refractivity contribution in [2.45, 2.75) is 37.6 Å². The zero-order valence-corrected chi connectivity index (χ0v) is 12.4. The number of hydrogen-bond donors (Lipinski definition) is 3. The average Bonchev–Trinajstić information content (AvgIpc) is 2.37. The molecule has 1 atom stereocenters. The van der Waals surface area contributed by atoms with Crippen molar-refractivity contribution in [2.24, 2.45) is 0 Å². The van der Waals surface area contributed by atoms with Gasteiger partial charge < -0.3 is 11.1 Å². The summed E-state index contributed by atoms with van der Waals surface area (Å²) in [5, 5.41) is 2.65. The van der Waals surface area contributed by atoms with E-state index in [2.05, 4.69) is 10.0 Å². The van der Waals surface area contributed by atoms with Crippen LogP contribution in [0.15, 0.2) is 17.0 Å². The first kappa shape index (κ1) is 14.8. The number of benzene rings is 1. The normalized spacial score (nSPS) is 19.7. The van der Waals surface area contributed by atoms with Gasteiger partial charge in [-0.25, -0.2) is 13.1 Å². The Labute approximate surface area is 118 Å². The smallest absolute Gasteiger partial charge is 0.243 e. The number of piperidine rings is 1. The van der Waals surface area contributed by atoms with Crippen LogP contribution in [0.5, 0.6) is 0 Å². The lowest BCUT2D eigenvalue weighted by molar-refractivity contribution is -0.122. The molecule has 2 rings (SSSR count). The Kier molecular flexibility index (Phi) is 4.01. The molecule has 0 spiro atoms. The highest BCUT2D eigenvalue weighted by Crippen LogP contribution is 2.25. The molecule has 4 N–H and O–H groups in total. The Bertz CT molecular complexity index is 631. The lowest BCUT2D eigenvalue weighted by Crippen LogP contribution is -2.47. The molecule has 20 heavy (non-hydrogen) atoms. The summed E-state index contributed by atoms with van der Waals surface area (Å²) in [6.45, 7) is 3.89. The number of nitrogens with two attached hydrogens (primary N) is 1. The molecule has 0 saturated carbocycles. The van der Waals surface area contributed by atoms with Crippen LogP contribution < -0.4 is 15.8 Å². The van der Waals surface area contributed by atoms with E-state index >= 15 is 0 Å². The predicted molar refractivity (Wildman–Crippen MR) is 76.7 cm³/mol. The number of carbonyl (C=O) groups is 1. The van der Waals surface area contributed by atoms with Gasteiger partial charge in [-0.05, 0) is 37.5 Å². The Balaban J connectivity index is 2.27. The largest absolute Gasteiger partial charge is 0.398 e. The van der Waals surface area contributed by atoms with Crippen LogP contribution in [0.4, 0.5) is 5.69 Å². The highest BCUT2D eigenvalue weighted by molar-refractivity contribution is 7.89. The van der Waals surface area contributed by atoms with Crippen LogP contribution in [0.3, 0.4) is 0 Å². The van der Waals surface area contributed by atoms with Gasteiger partial charge in [0.25, 0.3) is 0 Å². The number of aryl methyl sites for hydroxylation is 1. The predicted octanol–water partition coefficient (Wildman–Crippen LogP) is 0.443. The lowest BCUT2D eigenvalue weighted by atomic mass is 10.1. The van der Waals surface area contributed by atoms with Crippen LogP contribution in [0.1, 0.15) is 24.0 Å². The Morgan fingerprint density at radius 2 is 2.05 bits per heavy atom. The van der Waals surface area contributed by atoms with E-state index in [9.17, 15) is 13.2 Å². The standard InChI is InChI=1S/C13H19N3O3S/c1-8-3-5-11(14)13(9(8)2)20(18,19)16-10-4-6-12(17)15-7-10/h3,5,10,16H,4,6-7,14H2,1-2H3,(H,15,17). The summed E-state index contributed by atoms with van der Waals surface area (Å²) in [4.78, 5) is 11.2. The first-order chi connectivity index (χ1) is 9.31. The van der Waals surface area contributed by atoms with Gasteiger partial charge in [0.1, 0.15) is 4.90 Å². The van der Waals surface area contributed by atoms with Crippen molar-refractivity contribution in [1.29, 1.82) is 0 Å². The molecule has 1 aromatic carbocycles. The van der Waals surface area contributed by atoms with E-state index in [4.69, 9.17) is 5.73 Å². The fraction of sp³-hybridized carbons (Fsp3) is 0.462. The van der Waals surface area contributed by atoms with Crippen molar-refractivity contribution in [3.63, 3.8) is 0 Å². The molecule has 1 saturated heterocycles.